The summed E-state index contributed by atoms with van der Waals surface area (Å²) in [6.45, 7) is 0. The van der Waals surface area contributed by atoms with Crippen molar-refractivity contribution in [2.45, 2.75) is 12.5 Å². The summed E-state index contributed by atoms with van der Waals surface area (Å²) in [5.41, 5.74) is 9.57. The Morgan fingerprint density at radius 3 is 1.64 bits per heavy atom. The molecule has 0 aromatic heterocycles. The molecule has 5 nitrogen and oxygen atoms in total. The highest BCUT2D eigenvalue weighted by molar-refractivity contribution is 6.50. The van der Waals surface area contributed by atoms with Crippen molar-refractivity contribution in [2.75, 3.05) is 0 Å². The van der Waals surface area contributed by atoms with E-state index in [1.54, 1.807) is 0 Å². The van der Waals surface area contributed by atoms with Crippen LogP contribution in [-0.2, 0) is 9.59 Å². The number of hydrogen-bond acceptors (Lipinski definition) is 3. The van der Waals surface area contributed by atoms with Crippen molar-refractivity contribution in [1.29, 1.82) is 0 Å². The summed E-state index contributed by atoms with van der Waals surface area (Å²) in [5.74, 6) is -1.92. The number of hydrogen-bond donors (Lipinski definition) is 3. The number of aliphatic carboxylic acids is 1. The van der Waals surface area contributed by atoms with E-state index >= 15 is 0 Å². The van der Waals surface area contributed by atoms with E-state index in [-0.39, 0.29) is 6.42 Å². The van der Waals surface area contributed by atoms with Gasteiger partial charge in [0.25, 0.3) is 0 Å². The first-order valence-electron chi connectivity index (χ1n) is 3.18. The van der Waals surface area contributed by atoms with Gasteiger partial charge in [-0.1, -0.05) is 0 Å². The van der Waals surface area contributed by atoms with Crippen molar-refractivity contribution >= 4 is 19.1 Å². The molecule has 0 fully saturated rings. The Hall–Kier alpha value is -1.32. The van der Waals surface area contributed by atoms with Crippen molar-refractivity contribution in [3.05, 3.63) is 0 Å². The van der Waals surface area contributed by atoms with Crippen molar-refractivity contribution < 1.29 is 32.0 Å². The first kappa shape index (κ1) is 15.2. The van der Waals surface area contributed by atoms with Crippen molar-refractivity contribution in [2.24, 2.45) is 11.5 Å². The Morgan fingerprint density at radius 1 is 1.29 bits per heavy atom. The molecule has 84 valence electrons. The van der Waals surface area contributed by atoms with Gasteiger partial charge in [0.05, 0.1) is 6.42 Å². The molecule has 10 heteroatoms. The van der Waals surface area contributed by atoms with Gasteiger partial charge in [-0.2, -0.15) is 0 Å². The summed E-state index contributed by atoms with van der Waals surface area (Å²) in [6, 6.07) is -1.16. The number of carbonyl (C=O) groups excluding carboxylic acids is 1. The minimum Gasteiger partial charge on any atom is -0.480 e. The zero-order valence-electron chi connectivity index (χ0n) is 6.79. The van der Waals surface area contributed by atoms with Crippen molar-refractivity contribution in [3.8, 4) is 0 Å². The van der Waals surface area contributed by atoms with Gasteiger partial charge in [-0.25, -0.2) is 0 Å². The van der Waals surface area contributed by atoms with E-state index < -0.39 is 25.2 Å². The average Bonchev–Trinajstić information content (AvgIpc) is 1.80. The van der Waals surface area contributed by atoms with Crippen molar-refractivity contribution in [1.82, 2.24) is 0 Å². The van der Waals surface area contributed by atoms with Crippen LogP contribution in [-0.4, -0.2) is 30.3 Å². The summed E-state index contributed by atoms with van der Waals surface area (Å²) >= 11 is 0. The van der Waals surface area contributed by atoms with E-state index in [0.29, 0.717) is 0 Å². The maximum atomic E-state index is 9.99. The number of carboxylic acid groups (broad SMARTS) is 1. The molecule has 0 spiro atoms. The Labute approximate surface area is 76.2 Å². The number of primary amides is 1. The number of rotatable bonds is 3. The molecule has 0 radical (unpaired) electrons. The molecule has 1 atom stereocenters. The largest absolute Gasteiger partial charge is 0.673 e. The van der Waals surface area contributed by atoms with Crippen LogP contribution in [0.2, 0.25) is 0 Å². The summed E-state index contributed by atoms with van der Waals surface area (Å²) in [7, 11) is -6.00. The van der Waals surface area contributed by atoms with Gasteiger partial charge in [0.15, 0.2) is 0 Å². The molecule has 0 aliphatic carbocycles. The van der Waals surface area contributed by atoms with E-state index in [2.05, 4.69) is 5.73 Å². The fourth-order valence-electron chi connectivity index (χ4n) is 0.304. The lowest BCUT2D eigenvalue weighted by molar-refractivity contribution is -0.140. The monoisotopic (exact) mass is 219 g/mol. The molecule has 14 heavy (non-hydrogen) atoms. The number of nitrogens with two attached hydrogens (primary N) is 2. The van der Waals surface area contributed by atoms with Crippen LogP contribution in [0.15, 0.2) is 0 Å². The van der Waals surface area contributed by atoms with E-state index in [4.69, 9.17) is 10.8 Å². The van der Waals surface area contributed by atoms with E-state index in [1.807, 2.05) is 0 Å². The number of carboxylic acids is 1. The van der Waals surface area contributed by atoms with Gasteiger partial charge in [-0.05, 0) is 0 Å². The second-order valence-electron chi connectivity index (χ2n) is 2.11. The second kappa shape index (κ2) is 6.19. The van der Waals surface area contributed by atoms with Gasteiger partial charge in [-0.15, -0.1) is 0 Å². The Balaban J connectivity index is 0. The third-order valence-electron chi connectivity index (χ3n) is 0.738. The van der Waals surface area contributed by atoms with Gasteiger partial charge < -0.3 is 33.8 Å². The lowest BCUT2D eigenvalue weighted by Gasteiger charge is -1.99. The molecule has 0 aromatic rings. The summed E-state index contributed by atoms with van der Waals surface area (Å²) < 4.78 is 39.0. The van der Waals surface area contributed by atoms with Crippen LogP contribution in [0.5, 0.6) is 0 Å². The van der Waals surface area contributed by atoms with Gasteiger partial charge in [-0.3, -0.25) is 9.59 Å². The highest BCUT2D eigenvalue weighted by atomic mass is 19.5. The molecule has 1 amide bonds. The molecule has 0 heterocycles. The molecule has 0 saturated carbocycles. The molecule has 5 N–H and O–H groups in total. The molecule has 0 rings (SSSR count). The Bertz CT molecular complexity index is 203. The van der Waals surface area contributed by atoms with E-state index in [0.717, 1.165) is 0 Å². The molecule has 0 saturated heterocycles. The normalized spacial score (nSPS) is 12.4. The average molecular weight is 219 g/mol. The lowest BCUT2D eigenvalue weighted by atomic mass is 10.2. The zero-order valence-corrected chi connectivity index (χ0v) is 6.79. The summed E-state index contributed by atoms with van der Waals surface area (Å²) in [6.07, 6.45) is -0.310. The maximum Gasteiger partial charge on any atom is 0.673 e. The smallest absolute Gasteiger partial charge is 0.480 e. The molecule has 0 aromatic carbocycles. The SMILES string of the molecule is F[B-](F)(F)F.NC(=O)C[C@H](N)C(=O)O. The van der Waals surface area contributed by atoms with Crippen LogP contribution in [0.1, 0.15) is 6.42 Å². The van der Waals surface area contributed by atoms with Crippen molar-refractivity contribution in [3.63, 3.8) is 0 Å². The zero-order chi connectivity index (χ0) is 11.9. The molecule has 0 bridgehead atoms. The van der Waals surface area contributed by atoms with Crippen LogP contribution in [0.4, 0.5) is 17.3 Å². The van der Waals surface area contributed by atoms with Gasteiger partial charge in [0.2, 0.25) is 5.91 Å². The lowest BCUT2D eigenvalue weighted by Crippen LogP contribution is -2.34. The highest BCUT2D eigenvalue weighted by Crippen LogP contribution is 2.06. The number of amides is 1. The van der Waals surface area contributed by atoms with Crippen LogP contribution in [0, 0.1) is 0 Å². The first-order chi connectivity index (χ1) is 6.04. The topological polar surface area (TPSA) is 106 Å². The Morgan fingerprint density at radius 2 is 1.57 bits per heavy atom. The predicted octanol–water partition coefficient (Wildman–Crippen LogP) is -0.426. The van der Waals surface area contributed by atoms with Gasteiger partial charge >= 0.3 is 13.2 Å². The van der Waals surface area contributed by atoms with Gasteiger partial charge in [0, 0.05) is 0 Å². The van der Waals surface area contributed by atoms with Crippen LogP contribution in [0.25, 0.3) is 0 Å². The second-order valence-corrected chi connectivity index (χ2v) is 2.11. The summed E-state index contributed by atoms with van der Waals surface area (Å²) in [5, 5.41) is 8.10. The minimum absolute atomic E-state index is 0.310. The Kier molecular flexibility index (Phi) is 6.70. The third kappa shape index (κ3) is 22.4. The maximum absolute atomic E-state index is 9.99. The van der Waals surface area contributed by atoms with Crippen LogP contribution < -0.4 is 11.5 Å². The minimum atomic E-state index is -6.00. The standard InChI is InChI=1S/C4H8N2O3.BF4/c5-2(4(8)9)1-3(6)7;2-1(3,4)5/h2H,1,5H2,(H2,6,7)(H,8,9);/q;-1/t2-;/m0./s1. The number of carbonyl (C=O) groups is 2. The predicted molar refractivity (Wildman–Crippen MR) is 39.6 cm³/mol. The fraction of sp³-hybridized carbons (Fsp3) is 0.500. The van der Waals surface area contributed by atoms with Gasteiger partial charge in [0.1, 0.15) is 6.04 Å². The molecule has 0 unspecified atom stereocenters. The molecule has 0 aliphatic rings. The first-order valence-corrected chi connectivity index (χ1v) is 3.18. The third-order valence-corrected chi connectivity index (χ3v) is 0.738. The molecular weight excluding hydrogens is 211 g/mol. The summed E-state index contributed by atoms with van der Waals surface area (Å²) in [4.78, 5) is 19.9. The van der Waals surface area contributed by atoms with Crippen LogP contribution in [0.3, 0.4) is 0 Å². The number of halogens is 4. The van der Waals surface area contributed by atoms with E-state index in [1.165, 1.54) is 0 Å². The van der Waals surface area contributed by atoms with Crippen LogP contribution >= 0.6 is 0 Å². The highest BCUT2D eigenvalue weighted by Gasteiger charge is 2.20. The molecular formula is C4H8BF4N2O3-. The molecule has 0 aliphatic heterocycles. The fourth-order valence-corrected chi connectivity index (χ4v) is 0.304. The quantitative estimate of drug-likeness (QED) is 0.442. The van der Waals surface area contributed by atoms with E-state index in [9.17, 15) is 26.9 Å².